The lowest BCUT2D eigenvalue weighted by atomic mass is 10.2. The van der Waals surface area contributed by atoms with Crippen molar-refractivity contribution in [2.45, 2.75) is 19.4 Å². The molecule has 82 valence electrons. The molecule has 0 bridgehead atoms. The Morgan fingerprint density at radius 3 is 3.20 bits per heavy atom. The van der Waals surface area contributed by atoms with Crippen LogP contribution in [0.3, 0.4) is 0 Å². The zero-order valence-electron chi connectivity index (χ0n) is 8.13. The molecule has 2 rings (SSSR count). The highest BCUT2D eigenvalue weighted by molar-refractivity contribution is 9.11. The number of alkyl halides is 1. The van der Waals surface area contributed by atoms with Crippen molar-refractivity contribution >= 4 is 44.8 Å². The van der Waals surface area contributed by atoms with Crippen LogP contribution in [0.15, 0.2) is 9.85 Å². The number of thiophene rings is 1. The lowest BCUT2D eigenvalue weighted by Crippen LogP contribution is -2.31. The Labute approximate surface area is 106 Å². The van der Waals surface area contributed by atoms with E-state index < -0.39 is 0 Å². The van der Waals surface area contributed by atoms with Crippen LogP contribution in [0.1, 0.15) is 16.9 Å². The maximum absolute atomic E-state index is 11.5. The number of nitrogens with zero attached hydrogens (tertiary/aromatic N) is 1. The summed E-state index contributed by atoms with van der Waals surface area (Å²) < 4.78 is 1.15. The summed E-state index contributed by atoms with van der Waals surface area (Å²) in [5, 5.41) is 0. The van der Waals surface area contributed by atoms with Gasteiger partial charge in [0.1, 0.15) is 5.88 Å². The zero-order chi connectivity index (χ0) is 10.8. The van der Waals surface area contributed by atoms with Crippen molar-refractivity contribution in [2.24, 2.45) is 0 Å². The summed E-state index contributed by atoms with van der Waals surface area (Å²) in [6.07, 6.45) is 2.10. The smallest absolute Gasteiger partial charge is 0.237 e. The van der Waals surface area contributed by atoms with Gasteiger partial charge in [0.25, 0.3) is 0 Å². The predicted octanol–water partition coefficient (Wildman–Crippen LogP) is 3.02. The van der Waals surface area contributed by atoms with Crippen molar-refractivity contribution in [3.63, 3.8) is 0 Å². The third-order valence-electron chi connectivity index (χ3n) is 2.53. The molecule has 0 fully saturated rings. The number of hydrogen-bond donors (Lipinski definition) is 0. The molecule has 1 aliphatic heterocycles. The van der Waals surface area contributed by atoms with Crippen molar-refractivity contribution in [3.8, 4) is 0 Å². The average Bonchev–Trinajstić information content (AvgIpc) is 2.45. The molecular weight excluding hydrogens is 298 g/mol. The molecule has 2 heterocycles. The second-order valence-electron chi connectivity index (χ2n) is 3.55. The molecule has 0 spiro atoms. The lowest BCUT2D eigenvalue weighted by Gasteiger charge is -2.18. The van der Waals surface area contributed by atoms with E-state index in [1.54, 1.807) is 11.3 Å². The van der Waals surface area contributed by atoms with E-state index in [1.807, 2.05) is 4.90 Å². The number of carbonyl (C=O) groups is 1. The fourth-order valence-electron chi connectivity index (χ4n) is 1.79. The minimum Gasteiger partial charge on any atom is -0.337 e. The monoisotopic (exact) mass is 307 g/mol. The fourth-order valence-corrected chi connectivity index (χ4v) is 3.76. The van der Waals surface area contributed by atoms with E-state index in [-0.39, 0.29) is 11.8 Å². The van der Waals surface area contributed by atoms with Gasteiger partial charge in [0.2, 0.25) is 5.91 Å². The quantitative estimate of drug-likeness (QED) is 0.730. The first-order chi connectivity index (χ1) is 7.20. The van der Waals surface area contributed by atoms with Gasteiger partial charge in [0, 0.05) is 18.0 Å². The summed E-state index contributed by atoms with van der Waals surface area (Å²) in [4.78, 5) is 14.8. The van der Waals surface area contributed by atoms with Crippen LogP contribution in [-0.4, -0.2) is 23.2 Å². The highest BCUT2D eigenvalue weighted by Crippen LogP contribution is 2.31. The Bertz CT molecular complexity index is 379. The Balaban J connectivity index is 2.20. The van der Waals surface area contributed by atoms with Crippen molar-refractivity contribution in [1.82, 2.24) is 4.90 Å². The van der Waals surface area contributed by atoms with Gasteiger partial charge in [-0.1, -0.05) is 0 Å². The molecule has 1 aliphatic rings. The average molecular weight is 309 g/mol. The number of hydrogen-bond acceptors (Lipinski definition) is 2. The second kappa shape index (κ2) is 4.85. The molecular formula is C10H11BrClNOS. The fraction of sp³-hybridized carbons (Fsp3) is 0.500. The second-order valence-corrected chi connectivity index (χ2v) is 6.33. The van der Waals surface area contributed by atoms with Gasteiger partial charge in [-0.15, -0.1) is 22.9 Å². The van der Waals surface area contributed by atoms with Crippen LogP contribution in [0.4, 0.5) is 0 Å². The topological polar surface area (TPSA) is 20.3 Å². The molecule has 0 aliphatic carbocycles. The Hall–Kier alpha value is -0.0600. The summed E-state index contributed by atoms with van der Waals surface area (Å²) in [6, 6.07) is 2.11. The molecule has 0 unspecified atom stereocenters. The molecule has 1 aromatic rings. The highest BCUT2D eigenvalue weighted by Gasteiger charge is 2.19. The summed E-state index contributed by atoms with van der Waals surface area (Å²) >= 11 is 10.8. The molecule has 2 nitrogen and oxygen atoms in total. The zero-order valence-corrected chi connectivity index (χ0v) is 11.3. The third kappa shape index (κ3) is 2.55. The van der Waals surface area contributed by atoms with Gasteiger partial charge in [0.05, 0.1) is 3.79 Å². The first-order valence-corrected chi connectivity index (χ1v) is 6.96. The summed E-state index contributed by atoms with van der Waals surface area (Å²) in [5.74, 6) is 0.118. The highest BCUT2D eigenvalue weighted by atomic mass is 79.9. The SMILES string of the molecule is O=C(CCl)N1CCCc2sc(Br)cc2C1. The molecule has 5 heteroatoms. The molecule has 0 saturated carbocycles. The van der Waals surface area contributed by atoms with Gasteiger partial charge in [-0.3, -0.25) is 4.79 Å². The standard InChI is InChI=1S/C10H11BrClNOS/c11-9-4-7-6-13(10(14)5-12)3-1-2-8(7)15-9/h4H,1-3,5-6H2. The Morgan fingerprint density at radius 1 is 1.67 bits per heavy atom. The van der Waals surface area contributed by atoms with Crippen LogP contribution >= 0.6 is 38.9 Å². The van der Waals surface area contributed by atoms with E-state index in [1.165, 1.54) is 10.4 Å². The van der Waals surface area contributed by atoms with Gasteiger partial charge in [-0.05, 0) is 40.4 Å². The van der Waals surface area contributed by atoms with Gasteiger partial charge >= 0.3 is 0 Å². The third-order valence-corrected chi connectivity index (χ3v) is 4.50. The van der Waals surface area contributed by atoms with E-state index >= 15 is 0 Å². The summed E-state index contributed by atoms with van der Waals surface area (Å²) in [7, 11) is 0. The van der Waals surface area contributed by atoms with Crippen molar-refractivity contribution in [1.29, 1.82) is 0 Å². The van der Waals surface area contributed by atoms with Crippen LogP contribution in [-0.2, 0) is 17.8 Å². The van der Waals surface area contributed by atoms with Crippen molar-refractivity contribution in [2.75, 3.05) is 12.4 Å². The number of amides is 1. The van der Waals surface area contributed by atoms with E-state index in [2.05, 4.69) is 22.0 Å². The van der Waals surface area contributed by atoms with Crippen LogP contribution in [0.25, 0.3) is 0 Å². The maximum atomic E-state index is 11.5. The van der Waals surface area contributed by atoms with E-state index in [0.29, 0.717) is 6.54 Å². The minimum absolute atomic E-state index is 0.0341. The molecule has 15 heavy (non-hydrogen) atoms. The van der Waals surface area contributed by atoms with Gasteiger partial charge in [-0.25, -0.2) is 0 Å². The maximum Gasteiger partial charge on any atom is 0.237 e. The minimum atomic E-state index is 0.0341. The van der Waals surface area contributed by atoms with Crippen molar-refractivity contribution < 1.29 is 4.79 Å². The van der Waals surface area contributed by atoms with E-state index in [4.69, 9.17) is 11.6 Å². The number of halogens is 2. The normalized spacial score (nSPS) is 16.0. The first kappa shape index (κ1) is 11.4. The van der Waals surface area contributed by atoms with Gasteiger partial charge < -0.3 is 4.90 Å². The molecule has 0 N–H and O–H groups in total. The molecule has 0 radical (unpaired) electrons. The van der Waals surface area contributed by atoms with Crippen LogP contribution < -0.4 is 0 Å². The molecule has 1 amide bonds. The number of fused-ring (bicyclic) bond motifs is 1. The van der Waals surface area contributed by atoms with E-state index in [9.17, 15) is 4.79 Å². The molecule has 1 aromatic heterocycles. The largest absolute Gasteiger partial charge is 0.337 e. The van der Waals surface area contributed by atoms with Crippen molar-refractivity contribution in [3.05, 3.63) is 20.3 Å². The predicted molar refractivity (Wildman–Crippen MR) is 66.5 cm³/mol. The van der Waals surface area contributed by atoms with Crippen LogP contribution in [0, 0.1) is 0 Å². The number of carbonyl (C=O) groups excluding carboxylic acids is 1. The Kier molecular flexibility index (Phi) is 3.69. The van der Waals surface area contributed by atoms with Crippen LogP contribution in [0.5, 0.6) is 0 Å². The lowest BCUT2D eigenvalue weighted by molar-refractivity contribution is -0.129. The molecule has 0 saturated heterocycles. The van der Waals surface area contributed by atoms with Crippen LogP contribution in [0.2, 0.25) is 0 Å². The molecule has 0 atom stereocenters. The van der Waals surface area contributed by atoms with Gasteiger partial charge in [0.15, 0.2) is 0 Å². The summed E-state index contributed by atoms with van der Waals surface area (Å²) in [6.45, 7) is 1.54. The molecule has 0 aromatic carbocycles. The first-order valence-electron chi connectivity index (χ1n) is 4.81. The number of aryl methyl sites for hydroxylation is 1. The Morgan fingerprint density at radius 2 is 2.47 bits per heavy atom. The van der Waals surface area contributed by atoms with E-state index in [0.717, 1.165) is 23.2 Å². The number of rotatable bonds is 1. The van der Waals surface area contributed by atoms with Gasteiger partial charge in [-0.2, -0.15) is 0 Å². The summed E-state index contributed by atoms with van der Waals surface area (Å²) in [5.41, 5.74) is 1.27.